The first-order valence-electron chi connectivity index (χ1n) is 5.66. The first-order chi connectivity index (χ1) is 8.03. The van der Waals surface area contributed by atoms with Crippen LogP contribution in [-0.2, 0) is 19.1 Å². The molecule has 0 aromatic heterocycles. The monoisotopic (exact) mass is 244 g/mol. The lowest BCUT2D eigenvalue weighted by molar-refractivity contribution is -0.144. The van der Waals surface area contributed by atoms with Gasteiger partial charge in [-0.3, -0.25) is 9.59 Å². The topological polar surface area (TPSA) is 90.6 Å². The van der Waals surface area contributed by atoms with Crippen LogP contribution in [0.15, 0.2) is 0 Å². The largest absolute Gasteiger partial charge is 0.469 e. The van der Waals surface area contributed by atoms with Crippen molar-refractivity contribution in [2.75, 3.05) is 20.8 Å². The van der Waals surface area contributed by atoms with Gasteiger partial charge in [-0.15, -0.1) is 0 Å². The molecule has 0 saturated heterocycles. The van der Waals surface area contributed by atoms with Crippen LogP contribution in [0.2, 0.25) is 0 Å². The maximum absolute atomic E-state index is 11.7. The predicted molar refractivity (Wildman–Crippen MR) is 61.2 cm³/mol. The minimum absolute atomic E-state index is 0.167. The Morgan fingerprint density at radius 2 is 2.06 bits per heavy atom. The number of hydrogen-bond donors (Lipinski definition) is 2. The number of carbonyl (C=O) groups excluding carboxylic acids is 2. The van der Waals surface area contributed by atoms with Crippen LogP contribution >= 0.6 is 0 Å². The van der Waals surface area contributed by atoms with Crippen LogP contribution in [0.4, 0.5) is 0 Å². The third-order valence-electron chi connectivity index (χ3n) is 3.09. The van der Waals surface area contributed by atoms with Gasteiger partial charge in [0.1, 0.15) is 6.04 Å². The fraction of sp³-hybridized carbons (Fsp3) is 0.818. The van der Waals surface area contributed by atoms with Gasteiger partial charge in [0.15, 0.2) is 0 Å². The quantitative estimate of drug-likeness (QED) is 0.618. The van der Waals surface area contributed by atoms with Crippen molar-refractivity contribution < 1.29 is 19.1 Å². The molecule has 98 valence electrons. The van der Waals surface area contributed by atoms with Crippen molar-refractivity contribution in [1.29, 1.82) is 0 Å². The number of rotatable bonds is 6. The molecule has 0 heterocycles. The van der Waals surface area contributed by atoms with Gasteiger partial charge in [-0.05, 0) is 19.3 Å². The minimum Gasteiger partial charge on any atom is -0.469 e. The summed E-state index contributed by atoms with van der Waals surface area (Å²) in [4.78, 5) is 23.0. The Balaban J connectivity index is 2.51. The van der Waals surface area contributed by atoms with Crippen molar-refractivity contribution in [3.05, 3.63) is 0 Å². The molecular weight excluding hydrogens is 224 g/mol. The van der Waals surface area contributed by atoms with Gasteiger partial charge < -0.3 is 20.5 Å². The van der Waals surface area contributed by atoms with Gasteiger partial charge in [-0.1, -0.05) is 0 Å². The third-order valence-corrected chi connectivity index (χ3v) is 3.09. The molecule has 1 fully saturated rings. The second-order valence-electron chi connectivity index (χ2n) is 4.44. The Bertz CT molecular complexity index is 289. The molecule has 1 rings (SSSR count). The smallest absolute Gasteiger partial charge is 0.307 e. The highest BCUT2D eigenvalue weighted by Crippen LogP contribution is 2.35. The fourth-order valence-electron chi connectivity index (χ4n) is 1.91. The van der Waals surface area contributed by atoms with Gasteiger partial charge in [0.25, 0.3) is 0 Å². The van der Waals surface area contributed by atoms with Gasteiger partial charge >= 0.3 is 5.97 Å². The molecule has 6 heteroatoms. The number of nitrogens with one attached hydrogen (secondary N) is 1. The zero-order chi connectivity index (χ0) is 12.9. The first kappa shape index (κ1) is 13.9. The van der Waals surface area contributed by atoms with Crippen molar-refractivity contribution in [2.45, 2.75) is 37.3 Å². The predicted octanol–water partition coefficient (Wildman–Crippen LogP) is -0.438. The lowest BCUT2D eigenvalue weighted by Crippen LogP contribution is -2.59. The summed E-state index contributed by atoms with van der Waals surface area (Å²) in [5.74, 6) is -0.597. The summed E-state index contributed by atoms with van der Waals surface area (Å²) in [5.41, 5.74) is 5.16. The summed E-state index contributed by atoms with van der Waals surface area (Å²) in [6.45, 7) is 0.167. The molecule has 1 aliphatic carbocycles. The van der Waals surface area contributed by atoms with E-state index in [0.717, 1.165) is 19.3 Å². The van der Waals surface area contributed by atoms with Crippen LogP contribution in [0, 0.1) is 0 Å². The lowest BCUT2D eigenvalue weighted by atomic mass is 9.74. The lowest BCUT2D eigenvalue weighted by Gasteiger charge is -2.42. The molecule has 0 bridgehead atoms. The molecule has 6 nitrogen and oxygen atoms in total. The van der Waals surface area contributed by atoms with Crippen molar-refractivity contribution in [3.8, 4) is 0 Å². The Hall–Kier alpha value is -1.14. The molecule has 1 unspecified atom stereocenters. The summed E-state index contributed by atoms with van der Waals surface area (Å²) >= 11 is 0. The fourth-order valence-corrected chi connectivity index (χ4v) is 1.91. The van der Waals surface area contributed by atoms with E-state index >= 15 is 0 Å². The maximum atomic E-state index is 11.7. The van der Waals surface area contributed by atoms with E-state index in [1.807, 2.05) is 0 Å². The molecule has 0 aromatic carbocycles. The highest BCUT2D eigenvalue weighted by molar-refractivity contribution is 5.83. The van der Waals surface area contributed by atoms with Crippen molar-refractivity contribution >= 4 is 11.9 Å². The molecule has 0 aromatic rings. The van der Waals surface area contributed by atoms with E-state index in [1.54, 1.807) is 0 Å². The van der Waals surface area contributed by atoms with Crippen molar-refractivity contribution in [1.82, 2.24) is 5.32 Å². The molecular formula is C11H20N2O4. The minimum atomic E-state index is -0.699. The van der Waals surface area contributed by atoms with Crippen LogP contribution in [0.25, 0.3) is 0 Å². The highest BCUT2D eigenvalue weighted by Gasteiger charge is 2.41. The highest BCUT2D eigenvalue weighted by atomic mass is 16.5. The summed E-state index contributed by atoms with van der Waals surface area (Å²) in [6.07, 6.45) is 2.77. The Labute approximate surface area is 101 Å². The zero-order valence-electron chi connectivity index (χ0n) is 10.3. The van der Waals surface area contributed by atoms with E-state index in [9.17, 15) is 9.59 Å². The molecule has 3 N–H and O–H groups in total. The van der Waals surface area contributed by atoms with Gasteiger partial charge in [-0.25, -0.2) is 0 Å². The Morgan fingerprint density at radius 3 is 2.47 bits per heavy atom. The number of ether oxygens (including phenoxy) is 2. The molecule has 1 saturated carbocycles. The van der Waals surface area contributed by atoms with Gasteiger partial charge in [-0.2, -0.15) is 0 Å². The first-order valence-corrected chi connectivity index (χ1v) is 5.66. The second kappa shape index (κ2) is 5.97. The molecule has 17 heavy (non-hydrogen) atoms. The average molecular weight is 244 g/mol. The molecule has 1 atom stereocenters. The molecule has 0 aliphatic heterocycles. The SMILES string of the molecule is COCC(N)C(=O)NC1(CC(=O)OC)CCC1. The third kappa shape index (κ3) is 3.67. The number of carbonyl (C=O) groups is 2. The Morgan fingerprint density at radius 1 is 1.41 bits per heavy atom. The van der Waals surface area contributed by atoms with Crippen LogP contribution in [0.3, 0.4) is 0 Å². The van der Waals surface area contributed by atoms with E-state index in [0.29, 0.717) is 0 Å². The summed E-state index contributed by atoms with van der Waals surface area (Å²) in [5, 5.41) is 2.83. The van der Waals surface area contributed by atoms with Gasteiger partial charge in [0.05, 0.1) is 25.7 Å². The number of methoxy groups -OCH3 is 2. The summed E-state index contributed by atoms with van der Waals surface area (Å²) in [6, 6.07) is -0.699. The number of hydrogen-bond acceptors (Lipinski definition) is 5. The summed E-state index contributed by atoms with van der Waals surface area (Å²) < 4.78 is 9.44. The van der Waals surface area contributed by atoms with E-state index in [1.165, 1.54) is 14.2 Å². The Kier molecular flexibility index (Phi) is 4.89. The molecule has 0 spiro atoms. The van der Waals surface area contributed by atoms with Crippen molar-refractivity contribution in [3.63, 3.8) is 0 Å². The number of esters is 1. The van der Waals surface area contributed by atoms with E-state index < -0.39 is 11.6 Å². The zero-order valence-corrected chi connectivity index (χ0v) is 10.3. The van der Waals surface area contributed by atoms with Crippen LogP contribution in [0.1, 0.15) is 25.7 Å². The van der Waals surface area contributed by atoms with Gasteiger partial charge in [0.2, 0.25) is 5.91 Å². The number of amides is 1. The summed E-state index contributed by atoms with van der Waals surface area (Å²) in [7, 11) is 2.83. The van der Waals surface area contributed by atoms with Crippen molar-refractivity contribution in [2.24, 2.45) is 5.73 Å². The van der Waals surface area contributed by atoms with Crippen LogP contribution in [-0.4, -0.2) is 44.3 Å². The maximum Gasteiger partial charge on any atom is 0.307 e. The average Bonchev–Trinajstić information content (AvgIpc) is 2.25. The molecule has 1 aliphatic rings. The van der Waals surface area contributed by atoms with E-state index in [-0.39, 0.29) is 24.9 Å². The molecule has 1 amide bonds. The standard InChI is InChI=1S/C11H20N2O4/c1-16-7-8(12)10(15)13-11(4-3-5-11)6-9(14)17-2/h8H,3-7,12H2,1-2H3,(H,13,15). The van der Waals surface area contributed by atoms with Crippen LogP contribution < -0.4 is 11.1 Å². The molecule has 0 radical (unpaired) electrons. The number of nitrogens with two attached hydrogens (primary N) is 1. The second-order valence-corrected chi connectivity index (χ2v) is 4.44. The van der Waals surface area contributed by atoms with E-state index in [4.69, 9.17) is 10.5 Å². The van der Waals surface area contributed by atoms with E-state index in [2.05, 4.69) is 10.1 Å². The van der Waals surface area contributed by atoms with Gasteiger partial charge in [0, 0.05) is 7.11 Å². The normalized spacial score (nSPS) is 19.0. The van der Waals surface area contributed by atoms with Crippen LogP contribution in [0.5, 0.6) is 0 Å².